The second-order valence-electron chi connectivity index (χ2n) is 7.42. The molecule has 2 N–H and O–H groups in total. The molecule has 27 heavy (non-hydrogen) atoms. The SMILES string of the molecule is COc1ccc(C(NC(=O)NCc2ccccc2CN(C)C)C2CC2)cc1. The normalized spacial score (nSPS) is 14.7. The minimum atomic E-state index is -0.123. The van der Waals surface area contributed by atoms with Crippen LogP contribution < -0.4 is 15.4 Å². The third-order valence-corrected chi connectivity index (χ3v) is 4.90. The molecular formula is C22H29N3O2. The monoisotopic (exact) mass is 367 g/mol. The van der Waals surface area contributed by atoms with Crippen molar-refractivity contribution in [2.75, 3.05) is 21.2 Å². The summed E-state index contributed by atoms with van der Waals surface area (Å²) in [6.07, 6.45) is 2.31. The molecule has 1 unspecified atom stereocenters. The van der Waals surface area contributed by atoms with E-state index in [1.165, 1.54) is 5.56 Å². The Hall–Kier alpha value is -2.53. The van der Waals surface area contributed by atoms with E-state index in [-0.39, 0.29) is 12.1 Å². The molecule has 2 aromatic carbocycles. The van der Waals surface area contributed by atoms with Crippen molar-refractivity contribution < 1.29 is 9.53 Å². The van der Waals surface area contributed by atoms with E-state index in [4.69, 9.17) is 4.74 Å². The Morgan fingerprint density at radius 3 is 2.37 bits per heavy atom. The Morgan fingerprint density at radius 2 is 1.78 bits per heavy atom. The molecule has 1 aliphatic rings. The fourth-order valence-corrected chi connectivity index (χ4v) is 3.31. The first-order valence-corrected chi connectivity index (χ1v) is 9.46. The zero-order valence-electron chi connectivity index (χ0n) is 16.4. The number of hydrogen-bond acceptors (Lipinski definition) is 3. The van der Waals surface area contributed by atoms with Gasteiger partial charge < -0.3 is 20.3 Å². The van der Waals surface area contributed by atoms with E-state index in [1.54, 1.807) is 7.11 Å². The Labute approximate surface area is 161 Å². The predicted molar refractivity (Wildman–Crippen MR) is 108 cm³/mol. The van der Waals surface area contributed by atoms with Gasteiger partial charge in [0, 0.05) is 13.1 Å². The van der Waals surface area contributed by atoms with Crippen molar-refractivity contribution in [3.63, 3.8) is 0 Å². The average Bonchev–Trinajstić information content (AvgIpc) is 3.50. The minimum Gasteiger partial charge on any atom is -0.497 e. The molecular weight excluding hydrogens is 338 g/mol. The molecule has 0 radical (unpaired) electrons. The summed E-state index contributed by atoms with van der Waals surface area (Å²) < 4.78 is 5.23. The molecule has 0 heterocycles. The highest BCUT2D eigenvalue weighted by atomic mass is 16.5. The van der Waals surface area contributed by atoms with Gasteiger partial charge in [-0.1, -0.05) is 36.4 Å². The minimum absolute atomic E-state index is 0.0490. The highest BCUT2D eigenvalue weighted by Crippen LogP contribution is 2.41. The van der Waals surface area contributed by atoms with Crippen molar-refractivity contribution in [2.45, 2.75) is 32.0 Å². The van der Waals surface area contributed by atoms with Gasteiger partial charge in [0.15, 0.2) is 0 Å². The van der Waals surface area contributed by atoms with Crippen molar-refractivity contribution in [1.29, 1.82) is 0 Å². The van der Waals surface area contributed by atoms with Crippen LogP contribution in [0.3, 0.4) is 0 Å². The molecule has 2 amide bonds. The maximum atomic E-state index is 12.5. The highest BCUT2D eigenvalue weighted by Gasteiger charge is 2.33. The molecule has 5 nitrogen and oxygen atoms in total. The van der Waals surface area contributed by atoms with Crippen molar-refractivity contribution in [2.24, 2.45) is 5.92 Å². The van der Waals surface area contributed by atoms with Crippen LogP contribution in [0.1, 0.15) is 35.6 Å². The summed E-state index contributed by atoms with van der Waals surface area (Å²) in [6, 6.07) is 16.1. The topological polar surface area (TPSA) is 53.6 Å². The molecule has 0 aromatic heterocycles. The first kappa shape index (κ1) is 19.2. The molecule has 1 saturated carbocycles. The molecule has 5 heteroatoms. The summed E-state index contributed by atoms with van der Waals surface area (Å²) >= 11 is 0. The molecule has 0 aliphatic heterocycles. The molecule has 1 aliphatic carbocycles. The van der Waals surface area contributed by atoms with Gasteiger partial charge in [-0.15, -0.1) is 0 Å². The van der Waals surface area contributed by atoms with E-state index in [1.807, 2.05) is 50.5 Å². The van der Waals surface area contributed by atoms with Gasteiger partial charge in [0.05, 0.1) is 13.2 Å². The number of methoxy groups -OCH3 is 1. The van der Waals surface area contributed by atoms with Gasteiger partial charge in [-0.25, -0.2) is 4.79 Å². The Morgan fingerprint density at radius 1 is 1.11 bits per heavy atom. The zero-order chi connectivity index (χ0) is 19.2. The maximum absolute atomic E-state index is 12.5. The van der Waals surface area contributed by atoms with Gasteiger partial charge in [-0.3, -0.25) is 0 Å². The number of amides is 2. The van der Waals surface area contributed by atoms with Crippen LogP contribution in [-0.2, 0) is 13.1 Å². The fourth-order valence-electron chi connectivity index (χ4n) is 3.31. The number of rotatable bonds is 8. The summed E-state index contributed by atoms with van der Waals surface area (Å²) in [5.41, 5.74) is 3.51. The van der Waals surface area contributed by atoms with E-state index in [2.05, 4.69) is 27.7 Å². The summed E-state index contributed by atoms with van der Waals surface area (Å²) in [7, 11) is 5.76. The van der Waals surface area contributed by atoms with Gasteiger partial charge >= 0.3 is 6.03 Å². The molecule has 144 valence electrons. The first-order valence-electron chi connectivity index (χ1n) is 9.46. The van der Waals surface area contributed by atoms with Crippen LogP contribution in [-0.4, -0.2) is 32.1 Å². The molecule has 3 rings (SSSR count). The number of nitrogens with one attached hydrogen (secondary N) is 2. The van der Waals surface area contributed by atoms with Crippen molar-refractivity contribution in [3.05, 3.63) is 65.2 Å². The Bertz CT molecular complexity index is 754. The summed E-state index contributed by atoms with van der Waals surface area (Å²) in [5, 5.41) is 6.19. The molecule has 2 aromatic rings. The van der Waals surface area contributed by atoms with Crippen LogP contribution >= 0.6 is 0 Å². The van der Waals surface area contributed by atoms with E-state index < -0.39 is 0 Å². The lowest BCUT2D eigenvalue weighted by Crippen LogP contribution is -2.38. The van der Waals surface area contributed by atoms with Gasteiger partial charge in [-0.2, -0.15) is 0 Å². The van der Waals surface area contributed by atoms with E-state index >= 15 is 0 Å². The lowest BCUT2D eigenvalue weighted by Gasteiger charge is -2.20. The quantitative estimate of drug-likeness (QED) is 0.748. The summed E-state index contributed by atoms with van der Waals surface area (Å²) in [4.78, 5) is 14.7. The number of nitrogens with zero attached hydrogens (tertiary/aromatic N) is 1. The number of benzene rings is 2. The van der Waals surface area contributed by atoms with Crippen molar-refractivity contribution in [3.8, 4) is 5.75 Å². The van der Waals surface area contributed by atoms with Gasteiger partial charge in [0.1, 0.15) is 5.75 Å². The molecule has 1 fully saturated rings. The van der Waals surface area contributed by atoms with E-state index in [0.717, 1.165) is 36.3 Å². The molecule has 1 atom stereocenters. The maximum Gasteiger partial charge on any atom is 0.315 e. The average molecular weight is 367 g/mol. The molecule has 0 saturated heterocycles. The van der Waals surface area contributed by atoms with Gasteiger partial charge in [0.2, 0.25) is 0 Å². The third-order valence-electron chi connectivity index (χ3n) is 4.90. The molecule has 0 spiro atoms. The first-order chi connectivity index (χ1) is 13.1. The van der Waals surface area contributed by atoms with Gasteiger partial charge in [-0.05, 0) is 61.7 Å². The number of carbonyl (C=O) groups is 1. The van der Waals surface area contributed by atoms with Crippen LogP contribution in [0.25, 0.3) is 0 Å². The smallest absolute Gasteiger partial charge is 0.315 e. The number of hydrogen-bond donors (Lipinski definition) is 2. The summed E-state index contributed by atoms with van der Waals surface area (Å²) in [5.74, 6) is 1.35. The lowest BCUT2D eigenvalue weighted by molar-refractivity contribution is 0.235. The van der Waals surface area contributed by atoms with Crippen molar-refractivity contribution >= 4 is 6.03 Å². The van der Waals surface area contributed by atoms with E-state index in [9.17, 15) is 4.79 Å². The fraction of sp³-hybridized carbons (Fsp3) is 0.409. The van der Waals surface area contributed by atoms with Gasteiger partial charge in [0.25, 0.3) is 0 Å². The van der Waals surface area contributed by atoms with E-state index in [0.29, 0.717) is 12.5 Å². The molecule has 0 bridgehead atoms. The standard InChI is InChI=1S/C22H29N3O2/c1-25(2)15-19-7-5-4-6-18(19)14-23-22(26)24-21(16-8-9-16)17-10-12-20(27-3)13-11-17/h4-7,10-13,16,21H,8-9,14-15H2,1-3H3,(H2,23,24,26). The largest absolute Gasteiger partial charge is 0.497 e. The summed E-state index contributed by atoms with van der Waals surface area (Å²) in [6.45, 7) is 1.38. The number of carbonyl (C=O) groups excluding carboxylic acids is 1. The van der Waals surface area contributed by atoms with Crippen LogP contribution in [0.4, 0.5) is 4.79 Å². The van der Waals surface area contributed by atoms with Crippen LogP contribution in [0, 0.1) is 5.92 Å². The number of ether oxygens (including phenoxy) is 1. The lowest BCUT2D eigenvalue weighted by atomic mass is 10.0. The Kier molecular flexibility index (Phi) is 6.35. The second kappa shape index (κ2) is 8.91. The second-order valence-corrected chi connectivity index (χ2v) is 7.42. The van der Waals surface area contributed by atoms with Crippen LogP contribution in [0.5, 0.6) is 5.75 Å². The Balaban J connectivity index is 1.60. The number of urea groups is 1. The van der Waals surface area contributed by atoms with Crippen molar-refractivity contribution in [1.82, 2.24) is 15.5 Å². The van der Waals surface area contributed by atoms with Crippen LogP contribution in [0.2, 0.25) is 0 Å². The highest BCUT2D eigenvalue weighted by molar-refractivity contribution is 5.74. The third kappa shape index (κ3) is 5.47. The predicted octanol–water partition coefficient (Wildman–Crippen LogP) is 3.71. The zero-order valence-corrected chi connectivity index (χ0v) is 16.4. The van der Waals surface area contributed by atoms with Crippen LogP contribution in [0.15, 0.2) is 48.5 Å².